The third kappa shape index (κ3) is 11.5. The van der Waals surface area contributed by atoms with Gasteiger partial charge in [-0.3, -0.25) is 9.59 Å². The van der Waals surface area contributed by atoms with Gasteiger partial charge in [-0.15, -0.1) is 0 Å². The van der Waals surface area contributed by atoms with E-state index in [1.807, 2.05) is 88.4 Å². The molecule has 9 nitrogen and oxygen atoms in total. The fraction of sp³-hybridized carbons (Fsp3) is 0.515. The molecule has 2 aromatic rings. The van der Waals surface area contributed by atoms with Gasteiger partial charge >= 0.3 is 12.1 Å². The normalized spacial score (nSPS) is 13.6. The van der Waals surface area contributed by atoms with Crippen LogP contribution in [0.5, 0.6) is 0 Å². The van der Waals surface area contributed by atoms with Crippen LogP contribution >= 0.6 is 0 Å². The highest BCUT2D eigenvalue weighted by Gasteiger charge is 2.36. The summed E-state index contributed by atoms with van der Waals surface area (Å²) < 4.78 is 10.9. The molecule has 0 fully saturated rings. The molecule has 0 aromatic heterocycles. The summed E-state index contributed by atoms with van der Waals surface area (Å²) in [4.78, 5) is 54.6. The molecule has 0 saturated carbocycles. The number of hydrogen-bond donors (Lipinski definition) is 2. The molecule has 3 atom stereocenters. The van der Waals surface area contributed by atoms with Crippen LogP contribution in [-0.4, -0.2) is 59.6 Å². The molecule has 3 amide bonds. The highest BCUT2D eigenvalue weighted by Crippen LogP contribution is 2.17. The van der Waals surface area contributed by atoms with Gasteiger partial charge in [0.1, 0.15) is 30.3 Å². The van der Waals surface area contributed by atoms with Gasteiger partial charge < -0.3 is 25.0 Å². The summed E-state index contributed by atoms with van der Waals surface area (Å²) >= 11 is 0. The predicted octanol–water partition coefficient (Wildman–Crippen LogP) is 4.88. The first-order chi connectivity index (χ1) is 19.7. The van der Waals surface area contributed by atoms with E-state index in [-0.39, 0.29) is 24.9 Å². The van der Waals surface area contributed by atoms with Gasteiger partial charge in [0.05, 0.1) is 0 Å². The second-order valence-electron chi connectivity index (χ2n) is 12.3. The third-order valence-electron chi connectivity index (χ3n) is 6.52. The van der Waals surface area contributed by atoms with E-state index in [1.54, 1.807) is 27.8 Å². The second kappa shape index (κ2) is 15.9. The standard InChI is InChI=1S/C33H47N3O6/c1-22(2)19-27(36(8)30(38)28(23(3)4)35-32(40)42-33(5,6)7)29(37)34-26(20-24-15-11-9-12-16-24)31(39)41-21-25-17-13-10-14-18-25/h9-18,22-23,26-28H,19-21H2,1-8H3,(H,34,37)(H,35,40)/t26-,27-,28-/m0/s1. The number of likely N-dealkylation sites (N-methyl/N-ethyl adjacent to an activating group) is 1. The van der Waals surface area contributed by atoms with E-state index in [2.05, 4.69) is 10.6 Å². The maximum atomic E-state index is 13.8. The summed E-state index contributed by atoms with van der Waals surface area (Å²) in [7, 11) is 1.54. The molecule has 2 rings (SSSR count). The van der Waals surface area contributed by atoms with Crippen molar-refractivity contribution < 1.29 is 28.7 Å². The Morgan fingerprint density at radius 2 is 1.38 bits per heavy atom. The summed E-state index contributed by atoms with van der Waals surface area (Å²) in [5.41, 5.74) is 0.949. The largest absolute Gasteiger partial charge is 0.459 e. The molecule has 0 spiro atoms. The molecule has 9 heteroatoms. The van der Waals surface area contributed by atoms with E-state index in [1.165, 1.54) is 4.90 Å². The Balaban J connectivity index is 2.26. The molecule has 0 bridgehead atoms. The quantitative estimate of drug-likeness (QED) is 0.326. The van der Waals surface area contributed by atoms with Crippen LogP contribution in [0.1, 0.15) is 66.0 Å². The number of nitrogens with one attached hydrogen (secondary N) is 2. The van der Waals surface area contributed by atoms with Crippen LogP contribution in [0.4, 0.5) is 4.79 Å². The molecule has 42 heavy (non-hydrogen) atoms. The lowest BCUT2D eigenvalue weighted by Gasteiger charge is -2.34. The molecule has 0 saturated heterocycles. The molecule has 2 N–H and O–H groups in total. The average Bonchev–Trinajstić information content (AvgIpc) is 2.92. The first-order valence-corrected chi connectivity index (χ1v) is 14.5. The predicted molar refractivity (Wildman–Crippen MR) is 162 cm³/mol. The van der Waals surface area contributed by atoms with Crippen LogP contribution in [0.3, 0.4) is 0 Å². The van der Waals surface area contributed by atoms with Gasteiger partial charge in [0.25, 0.3) is 0 Å². The first-order valence-electron chi connectivity index (χ1n) is 14.5. The van der Waals surface area contributed by atoms with Crippen molar-refractivity contribution in [3.63, 3.8) is 0 Å². The van der Waals surface area contributed by atoms with Crippen LogP contribution < -0.4 is 10.6 Å². The minimum absolute atomic E-state index is 0.0601. The van der Waals surface area contributed by atoms with E-state index in [0.717, 1.165) is 11.1 Å². The zero-order valence-electron chi connectivity index (χ0n) is 26.2. The van der Waals surface area contributed by atoms with Crippen molar-refractivity contribution in [3.05, 3.63) is 71.8 Å². The zero-order chi connectivity index (χ0) is 31.4. The summed E-state index contributed by atoms with van der Waals surface area (Å²) in [6.45, 7) is 12.8. The number of ether oxygens (including phenoxy) is 2. The number of alkyl carbamates (subject to hydrolysis) is 1. The molecular formula is C33H47N3O6. The molecule has 2 aromatic carbocycles. The lowest BCUT2D eigenvalue weighted by atomic mass is 9.98. The van der Waals surface area contributed by atoms with Crippen LogP contribution in [0.15, 0.2) is 60.7 Å². The van der Waals surface area contributed by atoms with Gasteiger partial charge in [0.2, 0.25) is 11.8 Å². The molecule has 0 unspecified atom stereocenters. The van der Waals surface area contributed by atoms with Gasteiger partial charge in [0.15, 0.2) is 0 Å². The van der Waals surface area contributed by atoms with Crippen molar-refractivity contribution in [1.29, 1.82) is 0 Å². The maximum absolute atomic E-state index is 13.8. The number of hydrogen-bond acceptors (Lipinski definition) is 6. The van der Waals surface area contributed by atoms with Crippen LogP contribution in [-0.2, 0) is 36.9 Å². The Bertz CT molecular complexity index is 1160. The molecule has 0 aliphatic rings. The van der Waals surface area contributed by atoms with Gasteiger partial charge in [-0.1, -0.05) is 88.4 Å². The minimum atomic E-state index is -0.970. The second-order valence-corrected chi connectivity index (χ2v) is 12.3. The number of esters is 1. The Hall–Kier alpha value is -3.88. The van der Waals surface area contributed by atoms with Crippen molar-refractivity contribution in [2.24, 2.45) is 11.8 Å². The Morgan fingerprint density at radius 3 is 1.88 bits per heavy atom. The first kappa shape index (κ1) is 34.3. The molecule has 0 aliphatic carbocycles. The summed E-state index contributed by atoms with van der Waals surface area (Å²) in [6, 6.07) is 15.9. The van der Waals surface area contributed by atoms with E-state index in [0.29, 0.717) is 6.42 Å². The molecule has 0 radical (unpaired) electrons. The van der Waals surface area contributed by atoms with Gasteiger partial charge in [0, 0.05) is 13.5 Å². The van der Waals surface area contributed by atoms with Crippen LogP contribution in [0.2, 0.25) is 0 Å². The van der Waals surface area contributed by atoms with E-state index >= 15 is 0 Å². The lowest BCUT2D eigenvalue weighted by molar-refractivity contribution is -0.150. The van der Waals surface area contributed by atoms with E-state index in [9.17, 15) is 19.2 Å². The Labute approximate surface area is 250 Å². The van der Waals surface area contributed by atoms with Gasteiger partial charge in [-0.2, -0.15) is 0 Å². The number of benzene rings is 2. The number of carbonyl (C=O) groups excluding carboxylic acids is 4. The zero-order valence-corrected chi connectivity index (χ0v) is 26.2. The SMILES string of the molecule is CC(C)C[C@@H](C(=O)N[C@@H](Cc1ccccc1)C(=O)OCc1ccccc1)N(C)C(=O)[C@@H](NC(=O)OC(C)(C)C)C(C)C. The number of nitrogens with zero attached hydrogens (tertiary/aromatic N) is 1. The number of amides is 3. The Morgan fingerprint density at radius 1 is 0.833 bits per heavy atom. The third-order valence-corrected chi connectivity index (χ3v) is 6.52. The summed E-state index contributed by atoms with van der Waals surface area (Å²) in [6.07, 6.45) is -0.138. The topological polar surface area (TPSA) is 114 Å². The fourth-order valence-electron chi connectivity index (χ4n) is 4.35. The lowest BCUT2D eigenvalue weighted by Crippen LogP contribution is -2.58. The van der Waals surface area contributed by atoms with Crippen LogP contribution in [0.25, 0.3) is 0 Å². The van der Waals surface area contributed by atoms with Crippen molar-refractivity contribution in [2.75, 3.05) is 7.05 Å². The van der Waals surface area contributed by atoms with Crippen molar-refractivity contribution in [3.8, 4) is 0 Å². The monoisotopic (exact) mass is 581 g/mol. The van der Waals surface area contributed by atoms with Crippen molar-refractivity contribution in [1.82, 2.24) is 15.5 Å². The minimum Gasteiger partial charge on any atom is -0.459 e. The summed E-state index contributed by atoms with van der Waals surface area (Å²) in [5, 5.41) is 5.53. The molecule has 0 aliphatic heterocycles. The molecular weight excluding hydrogens is 534 g/mol. The Kier molecular flexibility index (Phi) is 13.0. The highest BCUT2D eigenvalue weighted by atomic mass is 16.6. The number of carbonyl (C=O) groups is 4. The molecule has 0 heterocycles. The smallest absolute Gasteiger partial charge is 0.408 e. The van der Waals surface area contributed by atoms with Gasteiger partial charge in [-0.05, 0) is 50.2 Å². The van der Waals surface area contributed by atoms with Crippen molar-refractivity contribution >= 4 is 23.9 Å². The van der Waals surface area contributed by atoms with E-state index in [4.69, 9.17) is 9.47 Å². The summed E-state index contributed by atoms with van der Waals surface area (Å²) in [5.74, 6) is -1.68. The average molecular weight is 582 g/mol. The van der Waals surface area contributed by atoms with Crippen molar-refractivity contribution in [2.45, 2.75) is 91.6 Å². The molecule has 230 valence electrons. The maximum Gasteiger partial charge on any atom is 0.408 e. The fourth-order valence-corrected chi connectivity index (χ4v) is 4.35. The van der Waals surface area contributed by atoms with E-state index < -0.39 is 47.6 Å². The van der Waals surface area contributed by atoms with Gasteiger partial charge in [-0.25, -0.2) is 9.59 Å². The van der Waals surface area contributed by atoms with Crippen LogP contribution in [0, 0.1) is 11.8 Å². The number of rotatable bonds is 13. The highest BCUT2D eigenvalue weighted by molar-refractivity contribution is 5.93.